The van der Waals surface area contributed by atoms with Crippen LogP contribution in [0.1, 0.15) is 0 Å². The number of hydrogen-bond donors (Lipinski definition) is 0. The van der Waals surface area contributed by atoms with E-state index in [2.05, 4.69) is 4.74 Å². The van der Waals surface area contributed by atoms with Crippen molar-refractivity contribution in [1.29, 1.82) is 0 Å². The van der Waals surface area contributed by atoms with E-state index in [-0.39, 0.29) is 0 Å². The van der Waals surface area contributed by atoms with Crippen molar-refractivity contribution in [2.24, 2.45) is 0 Å². The molecule has 0 aromatic rings. The molecule has 1 saturated heterocycles. The number of alkyl halides is 4. The molecule has 0 aromatic carbocycles. The molecule has 9 heavy (non-hydrogen) atoms. The minimum absolute atomic E-state index is 2.42. The van der Waals surface area contributed by atoms with Crippen LogP contribution in [0.2, 0.25) is 0 Å². The average molecular weight is 147 g/mol. The molecule has 1 fully saturated rings. The minimum Gasteiger partial charge on any atom is -0.267 e. The zero-order chi connectivity index (χ0) is 7.28. The lowest BCUT2D eigenvalue weighted by molar-refractivity contribution is -0.453. The van der Waals surface area contributed by atoms with Gasteiger partial charge in [0.2, 0.25) is 0 Å². The summed E-state index contributed by atoms with van der Waals surface area (Å²) in [6, 6.07) is 0. The molecule has 0 aromatic heterocycles. The monoisotopic (exact) mass is 147 g/mol. The quantitative estimate of drug-likeness (QED) is 0.474. The van der Waals surface area contributed by atoms with Gasteiger partial charge in [-0.1, -0.05) is 0 Å². The van der Waals surface area contributed by atoms with Crippen LogP contribution in [0.3, 0.4) is 0 Å². The first-order chi connectivity index (χ1) is 3.88. The van der Waals surface area contributed by atoms with Gasteiger partial charge in [-0.2, -0.15) is 22.0 Å². The maximum absolute atomic E-state index is 11.4. The van der Waals surface area contributed by atoms with E-state index < -0.39 is 18.4 Å². The summed E-state index contributed by atoms with van der Waals surface area (Å²) in [6.07, 6.45) is -7.08. The number of rotatable bonds is 0. The molecule has 1 aliphatic rings. The lowest BCUT2D eigenvalue weighted by Gasteiger charge is -2.36. The molecule has 0 N–H and O–H groups in total. The van der Waals surface area contributed by atoms with Crippen molar-refractivity contribution in [3.05, 3.63) is 6.36 Å². The van der Waals surface area contributed by atoms with Crippen LogP contribution in [-0.2, 0) is 4.74 Å². The van der Waals surface area contributed by atoms with Crippen molar-refractivity contribution in [2.45, 2.75) is 12.0 Å². The molecular weight excluding hydrogens is 147 g/mol. The number of halogens is 5. The summed E-state index contributed by atoms with van der Waals surface area (Å²) in [5.74, 6) is -4.73. The van der Waals surface area contributed by atoms with Gasteiger partial charge in [-0.3, -0.25) is 4.74 Å². The molecule has 1 heterocycles. The SMILES string of the molecule is F[C]1OC(F)(F)C1(F)F. The fourth-order valence-electron chi connectivity index (χ4n) is 0.309. The summed E-state index contributed by atoms with van der Waals surface area (Å²) in [5.41, 5.74) is 0. The Morgan fingerprint density at radius 1 is 1.11 bits per heavy atom. The molecule has 0 amide bonds. The standard InChI is InChI=1S/C3F5O/c4-1-2(5,6)3(7,8)9-1. The molecule has 1 aliphatic heterocycles. The van der Waals surface area contributed by atoms with E-state index in [1.807, 2.05) is 0 Å². The molecule has 0 unspecified atom stereocenters. The summed E-state index contributed by atoms with van der Waals surface area (Å²) in [5, 5.41) is 0. The molecule has 0 bridgehead atoms. The third-order valence-electron chi connectivity index (χ3n) is 0.830. The van der Waals surface area contributed by atoms with Crippen LogP contribution < -0.4 is 0 Å². The first-order valence-electron chi connectivity index (χ1n) is 1.85. The van der Waals surface area contributed by atoms with Gasteiger partial charge in [0.15, 0.2) is 0 Å². The molecule has 6 heteroatoms. The van der Waals surface area contributed by atoms with Gasteiger partial charge in [-0.15, -0.1) is 0 Å². The maximum Gasteiger partial charge on any atom is 0.428 e. The summed E-state index contributed by atoms with van der Waals surface area (Å²) in [7, 11) is 0. The summed E-state index contributed by atoms with van der Waals surface area (Å²) < 4.78 is 59.5. The molecular formula is C3F5O. The lowest BCUT2D eigenvalue weighted by atomic mass is 10.2. The zero-order valence-corrected chi connectivity index (χ0v) is 3.80. The van der Waals surface area contributed by atoms with Gasteiger partial charge >= 0.3 is 18.4 Å². The topological polar surface area (TPSA) is 9.23 Å². The summed E-state index contributed by atoms with van der Waals surface area (Å²) in [6.45, 7) is 0. The van der Waals surface area contributed by atoms with E-state index in [4.69, 9.17) is 0 Å². The van der Waals surface area contributed by atoms with Crippen LogP contribution in [0.5, 0.6) is 0 Å². The Labute approximate surface area is 46.4 Å². The molecule has 1 rings (SSSR count). The molecule has 0 aliphatic carbocycles. The Morgan fingerprint density at radius 3 is 1.56 bits per heavy atom. The second-order valence-electron chi connectivity index (χ2n) is 1.47. The van der Waals surface area contributed by atoms with Crippen molar-refractivity contribution >= 4 is 0 Å². The van der Waals surface area contributed by atoms with E-state index in [0.717, 1.165) is 0 Å². The highest BCUT2D eigenvalue weighted by Crippen LogP contribution is 2.54. The predicted octanol–water partition coefficient (Wildman–Crippen LogP) is 1.70. The normalized spacial score (nSPS) is 31.7. The maximum atomic E-state index is 11.4. The first-order valence-corrected chi connectivity index (χ1v) is 1.85. The van der Waals surface area contributed by atoms with Crippen molar-refractivity contribution < 1.29 is 26.7 Å². The largest absolute Gasteiger partial charge is 0.428 e. The Balaban J connectivity index is 2.70. The van der Waals surface area contributed by atoms with Crippen molar-refractivity contribution in [3.8, 4) is 0 Å². The van der Waals surface area contributed by atoms with Gasteiger partial charge in [-0.05, 0) is 0 Å². The van der Waals surface area contributed by atoms with E-state index in [9.17, 15) is 22.0 Å². The molecule has 0 atom stereocenters. The first kappa shape index (κ1) is 6.73. The van der Waals surface area contributed by atoms with Crippen LogP contribution in [0.15, 0.2) is 0 Å². The van der Waals surface area contributed by atoms with Crippen molar-refractivity contribution in [2.75, 3.05) is 0 Å². The molecule has 1 radical (unpaired) electrons. The van der Waals surface area contributed by atoms with Crippen LogP contribution >= 0.6 is 0 Å². The highest BCUT2D eigenvalue weighted by Gasteiger charge is 2.77. The van der Waals surface area contributed by atoms with Gasteiger partial charge in [0.05, 0.1) is 0 Å². The van der Waals surface area contributed by atoms with Gasteiger partial charge in [0.1, 0.15) is 0 Å². The Morgan fingerprint density at radius 2 is 1.56 bits per heavy atom. The molecule has 1 nitrogen and oxygen atoms in total. The highest BCUT2D eigenvalue weighted by molar-refractivity contribution is 5.02. The molecule has 53 valence electrons. The van der Waals surface area contributed by atoms with E-state index >= 15 is 0 Å². The third-order valence-corrected chi connectivity index (χ3v) is 0.830. The second-order valence-corrected chi connectivity index (χ2v) is 1.47. The number of ether oxygens (including phenoxy) is 1. The van der Waals surface area contributed by atoms with Gasteiger partial charge in [-0.25, -0.2) is 0 Å². The van der Waals surface area contributed by atoms with Gasteiger partial charge < -0.3 is 0 Å². The van der Waals surface area contributed by atoms with E-state index in [1.54, 1.807) is 0 Å². The Bertz CT molecular complexity index is 132. The van der Waals surface area contributed by atoms with E-state index in [0.29, 0.717) is 0 Å². The van der Waals surface area contributed by atoms with Crippen molar-refractivity contribution in [1.82, 2.24) is 0 Å². The fourth-order valence-corrected chi connectivity index (χ4v) is 0.309. The highest BCUT2D eigenvalue weighted by atomic mass is 19.3. The fraction of sp³-hybridized carbons (Fsp3) is 0.667. The van der Waals surface area contributed by atoms with Crippen molar-refractivity contribution in [3.63, 3.8) is 0 Å². The summed E-state index contributed by atoms with van der Waals surface area (Å²) >= 11 is 0. The van der Waals surface area contributed by atoms with Gasteiger partial charge in [0, 0.05) is 0 Å². The van der Waals surface area contributed by atoms with Crippen LogP contribution in [0.25, 0.3) is 0 Å². The van der Waals surface area contributed by atoms with Crippen LogP contribution in [0, 0.1) is 6.36 Å². The lowest BCUT2D eigenvalue weighted by Crippen LogP contribution is -2.58. The van der Waals surface area contributed by atoms with Crippen LogP contribution in [-0.4, -0.2) is 12.0 Å². The second kappa shape index (κ2) is 1.36. The molecule has 0 spiro atoms. The minimum atomic E-state index is -4.73. The smallest absolute Gasteiger partial charge is 0.267 e. The van der Waals surface area contributed by atoms with E-state index in [1.165, 1.54) is 0 Å². The predicted molar refractivity (Wildman–Crippen MR) is 15.3 cm³/mol. The summed E-state index contributed by atoms with van der Waals surface area (Å²) in [4.78, 5) is 0. The third kappa shape index (κ3) is 0.623. The Hall–Kier alpha value is -0.390. The van der Waals surface area contributed by atoms with Crippen LogP contribution in [0.4, 0.5) is 22.0 Å². The zero-order valence-electron chi connectivity index (χ0n) is 3.80. The Kier molecular flexibility index (Phi) is 1.02. The average Bonchev–Trinajstić information content (AvgIpc) is 1.65. The number of hydrogen-bond acceptors (Lipinski definition) is 1. The molecule has 0 saturated carbocycles. The van der Waals surface area contributed by atoms with Gasteiger partial charge in [0.25, 0.3) is 0 Å².